The van der Waals surface area contributed by atoms with Crippen molar-refractivity contribution in [3.05, 3.63) is 38.7 Å². The van der Waals surface area contributed by atoms with E-state index in [0.29, 0.717) is 32.7 Å². The molecule has 4 nitrogen and oxygen atoms in total. The molecule has 130 valence electrons. The average molecular weight is 395 g/mol. The van der Waals surface area contributed by atoms with Crippen LogP contribution in [0.25, 0.3) is 11.1 Å². The molecule has 1 N–H and O–H groups in total. The molecule has 1 fully saturated rings. The standard InChI is InChI=1S/C18H16Cl2N2O2S/c1-10-4-6-22(7-5-10)17-12(9-21)15(16(25-17)18(23)24)11-2-3-13(19)14(20)8-11/h2-3,8,10H,4-7H2,1H3,(H,23,24). The summed E-state index contributed by atoms with van der Waals surface area (Å²) < 4.78 is 0. The van der Waals surface area contributed by atoms with Crippen molar-refractivity contribution in [3.8, 4) is 17.2 Å². The first kappa shape index (κ1) is 18.1. The van der Waals surface area contributed by atoms with Crippen LogP contribution in [0.5, 0.6) is 0 Å². The molecule has 1 aromatic heterocycles. The molecule has 3 rings (SSSR count). The summed E-state index contributed by atoms with van der Waals surface area (Å²) in [6.07, 6.45) is 2.07. The molecular weight excluding hydrogens is 379 g/mol. The van der Waals surface area contributed by atoms with Crippen molar-refractivity contribution in [1.29, 1.82) is 5.26 Å². The Kier molecular flexibility index (Phi) is 5.24. The van der Waals surface area contributed by atoms with Gasteiger partial charge in [0, 0.05) is 18.7 Å². The molecule has 0 bridgehead atoms. The Hall–Kier alpha value is -1.74. The molecule has 0 amide bonds. The van der Waals surface area contributed by atoms with Crippen LogP contribution in [0.4, 0.5) is 5.00 Å². The largest absolute Gasteiger partial charge is 0.477 e. The number of carboxylic acids is 1. The van der Waals surface area contributed by atoms with E-state index < -0.39 is 5.97 Å². The van der Waals surface area contributed by atoms with Gasteiger partial charge in [-0.25, -0.2) is 4.79 Å². The first-order valence-electron chi connectivity index (χ1n) is 7.93. The minimum absolute atomic E-state index is 0.156. The lowest BCUT2D eigenvalue weighted by molar-refractivity contribution is 0.0703. The zero-order valence-electron chi connectivity index (χ0n) is 13.6. The van der Waals surface area contributed by atoms with Crippen LogP contribution in [0.3, 0.4) is 0 Å². The van der Waals surface area contributed by atoms with Gasteiger partial charge in [-0.05, 0) is 36.5 Å². The Labute approximate surface area is 160 Å². The number of nitriles is 1. The van der Waals surface area contributed by atoms with E-state index in [9.17, 15) is 15.2 Å². The molecule has 7 heteroatoms. The number of rotatable bonds is 3. The highest BCUT2D eigenvalue weighted by molar-refractivity contribution is 7.18. The third kappa shape index (κ3) is 3.48. The number of carbonyl (C=O) groups is 1. The molecule has 1 aliphatic heterocycles. The number of benzene rings is 1. The Balaban J connectivity index is 2.15. The summed E-state index contributed by atoms with van der Waals surface area (Å²) in [4.78, 5) is 14.1. The van der Waals surface area contributed by atoms with Gasteiger partial charge in [0.05, 0.1) is 15.6 Å². The fraction of sp³-hybridized carbons (Fsp3) is 0.333. The van der Waals surface area contributed by atoms with Crippen molar-refractivity contribution in [3.63, 3.8) is 0 Å². The third-order valence-corrected chi connectivity index (χ3v) is 6.45. The number of hydrogen-bond acceptors (Lipinski definition) is 4. The van der Waals surface area contributed by atoms with Gasteiger partial charge >= 0.3 is 5.97 Å². The fourth-order valence-electron chi connectivity index (χ4n) is 3.03. The van der Waals surface area contributed by atoms with E-state index in [1.54, 1.807) is 18.2 Å². The number of anilines is 1. The molecule has 0 radical (unpaired) electrons. The SMILES string of the molecule is CC1CCN(c2sc(C(=O)O)c(-c3ccc(Cl)c(Cl)c3)c2C#N)CC1. The predicted octanol–water partition coefficient (Wildman–Crippen LogP) is 5.53. The van der Waals surface area contributed by atoms with Gasteiger partial charge in [0.15, 0.2) is 0 Å². The quantitative estimate of drug-likeness (QED) is 0.742. The zero-order chi connectivity index (χ0) is 18.1. The lowest BCUT2D eigenvalue weighted by Crippen LogP contribution is -2.32. The average Bonchev–Trinajstić information content (AvgIpc) is 2.98. The summed E-state index contributed by atoms with van der Waals surface area (Å²) in [7, 11) is 0. The second-order valence-electron chi connectivity index (χ2n) is 6.20. The molecule has 0 unspecified atom stereocenters. The smallest absolute Gasteiger partial charge is 0.346 e. The second-order valence-corrected chi connectivity index (χ2v) is 8.02. The minimum atomic E-state index is -1.04. The Morgan fingerprint density at radius 2 is 2.00 bits per heavy atom. The van der Waals surface area contributed by atoms with E-state index in [1.165, 1.54) is 0 Å². The molecular formula is C18H16Cl2N2O2S. The minimum Gasteiger partial charge on any atom is -0.477 e. The second kappa shape index (κ2) is 7.25. The Morgan fingerprint density at radius 1 is 1.32 bits per heavy atom. The first-order chi connectivity index (χ1) is 11.9. The number of aromatic carboxylic acids is 1. The van der Waals surface area contributed by atoms with Gasteiger partial charge in [0.25, 0.3) is 0 Å². The van der Waals surface area contributed by atoms with Crippen LogP contribution in [-0.4, -0.2) is 24.2 Å². The maximum atomic E-state index is 11.8. The van der Waals surface area contributed by atoms with Crippen LogP contribution >= 0.6 is 34.5 Å². The van der Waals surface area contributed by atoms with E-state index in [2.05, 4.69) is 17.9 Å². The van der Waals surface area contributed by atoms with E-state index in [-0.39, 0.29) is 4.88 Å². The monoisotopic (exact) mass is 394 g/mol. The van der Waals surface area contributed by atoms with Crippen molar-refractivity contribution in [2.75, 3.05) is 18.0 Å². The van der Waals surface area contributed by atoms with Crippen LogP contribution in [0.1, 0.15) is 35.0 Å². The zero-order valence-corrected chi connectivity index (χ0v) is 15.9. The molecule has 2 aromatic rings. The van der Waals surface area contributed by atoms with Crippen LogP contribution in [-0.2, 0) is 0 Å². The number of halogens is 2. The van der Waals surface area contributed by atoms with Crippen molar-refractivity contribution >= 4 is 45.5 Å². The third-order valence-electron chi connectivity index (χ3n) is 4.47. The lowest BCUT2D eigenvalue weighted by atomic mass is 9.98. The van der Waals surface area contributed by atoms with Crippen LogP contribution in [0.2, 0.25) is 10.0 Å². The van der Waals surface area contributed by atoms with Crippen molar-refractivity contribution in [2.24, 2.45) is 5.92 Å². The normalized spacial score (nSPS) is 15.2. The molecule has 0 saturated carbocycles. The van der Waals surface area contributed by atoms with Gasteiger partial charge in [-0.15, -0.1) is 11.3 Å². The van der Waals surface area contributed by atoms with Crippen LogP contribution in [0.15, 0.2) is 18.2 Å². The topological polar surface area (TPSA) is 64.3 Å². The molecule has 0 aliphatic carbocycles. The van der Waals surface area contributed by atoms with Gasteiger partial charge in [-0.1, -0.05) is 36.2 Å². The summed E-state index contributed by atoms with van der Waals surface area (Å²) in [6, 6.07) is 7.14. The van der Waals surface area contributed by atoms with Gasteiger partial charge < -0.3 is 10.0 Å². The van der Waals surface area contributed by atoms with Crippen LogP contribution in [0, 0.1) is 17.2 Å². The number of piperidine rings is 1. The lowest BCUT2D eigenvalue weighted by Gasteiger charge is -2.31. The van der Waals surface area contributed by atoms with Crippen molar-refractivity contribution in [1.82, 2.24) is 0 Å². The summed E-state index contributed by atoms with van der Waals surface area (Å²) in [5, 5.41) is 20.8. The number of nitrogens with zero attached hydrogens (tertiary/aromatic N) is 2. The summed E-state index contributed by atoms with van der Waals surface area (Å²) in [5.41, 5.74) is 1.42. The maximum absolute atomic E-state index is 11.8. The summed E-state index contributed by atoms with van der Waals surface area (Å²) in [5.74, 6) is -0.394. The molecule has 25 heavy (non-hydrogen) atoms. The highest BCUT2D eigenvalue weighted by Gasteiger charge is 2.28. The summed E-state index contributed by atoms with van der Waals surface area (Å²) in [6.45, 7) is 3.87. The Morgan fingerprint density at radius 3 is 2.56 bits per heavy atom. The van der Waals surface area contributed by atoms with Crippen molar-refractivity contribution in [2.45, 2.75) is 19.8 Å². The van der Waals surface area contributed by atoms with E-state index in [4.69, 9.17) is 23.2 Å². The highest BCUT2D eigenvalue weighted by Crippen LogP contribution is 2.44. The molecule has 1 aromatic carbocycles. The molecule has 2 heterocycles. The molecule has 1 saturated heterocycles. The maximum Gasteiger partial charge on any atom is 0.346 e. The van der Waals surface area contributed by atoms with E-state index >= 15 is 0 Å². The molecule has 1 aliphatic rings. The van der Waals surface area contributed by atoms with Crippen molar-refractivity contribution < 1.29 is 9.90 Å². The van der Waals surface area contributed by atoms with Crippen LogP contribution < -0.4 is 4.90 Å². The van der Waals surface area contributed by atoms with E-state index in [1.807, 2.05) is 0 Å². The van der Waals surface area contributed by atoms with Gasteiger partial charge in [-0.3, -0.25) is 0 Å². The number of carboxylic acid groups (broad SMARTS) is 1. The molecule has 0 atom stereocenters. The fourth-order valence-corrected chi connectivity index (χ4v) is 4.50. The predicted molar refractivity (Wildman–Crippen MR) is 102 cm³/mol. The Bertz CT molecular complexity index is 865. The highest BCUT2D eigenvalue weighted by atomic mass is 35.5. The van der Waals surface area contributed by atoms with Gasteiger partial charge in [0.1, 0.15) is 15.9 Å². The number of hydrogen-bond donors (Lipinski definition) is 1. The van der Waals surface area contributed by atoms with Gasteiger partial charge in [0.2, 0.25) is 0 Å². The summed E-state index contributed by atoms with van der Waals surface area (Å²) >= 11 is 13.2. The van der Waals surface area contributed by atoms with Gasteiger partial charge in [-0.2, -0.15) is 5.26 Å². The number of thiophene rings is 1. The molecule has 0 spiro atoms. The van der Waals surface area contributed by atoms with E-state index in [0.717, 1.165) is 42.3 Å². The first-order valence-corrected chi connectivity index (χ1v) is 9.50.